The van der Waals surface area contributed by atoms with Crippen LogP contribution in [0.5, 0.6) is 11.5 Å². The van der Waals surface area contributed by atoms with Crippen LogP contribution in [0.25, 0.3) is 21.8 Å². The smallest absolute Gasteiger partial charge is 0.329 e. The summed E-state index contributed by atoms with van der Waals surface area (Å²) in [5.74, 6) is -11.1. The minimum atomic E-state index is -1.70. The van der Waals surface area contributed by atoms with Crippen LogP contribution < -0.4 is 30.7 Å². The summed E-state index contributed by atoms with van der Waals surface area (Å²) in [5.41, 5.74) is 1.95. The highest BCUT2D eigenvalue weighted by molar-refractivity contribution is 6.03. The van der Waals surface area contributed by atoms with E-state index in [2.05, 4.69) is 31.2 Å². The fourth-order valence-corrected chi connectivity index (χ4v) is 12.6. The van der Waals surface area contributed by atoms with Gasteiger partial charge in [-0.3, -0.25) is 47.9 Å². The highest BCUT2D eigenvalue weighted by atomic mass is 16.5. The second-order valence-corrected chi connectivity index (χ2v) is 26.3. The first-order valence-electron chi connectivity index (χ1n) is 34.1. The van der Waals surface area contributed by atoms with Gasteiger partial charge in [-0.05, 0) is 85.8 Å². The molecule has 6 aromatic rings. The Labute approximate surface area is 591 Å². The third kappa shape index (κ3) is 18.9. The lowest BCUT2D eigenvalue weighted by Crippen LogP contribution is -2.59. The lowest BCUT2D eigenvalue weighted by atomic mass is 10.00. The van der Waals surface area contributed by atoms with Gasteiger partial charge in [-0.2, -0.15) is 0 Å². The van der Waals surface area contributed by atoms with Gasteiger partial charge in [0, 0.05) is 52.1 Å². The summed E-state index contributed by atoms with van der Waals surface area (Å²) < 4.78 is 24.2. The molecule has 10 amide bonds. The van der Waals surface area contributed by atoms with E-state index in [1.165, 1.54) is 38.0 Å². The highest BCUT2D eigenvalue weighted by Crippen LogP contribution is 2.29. The molecule has 3 aliphatic rings. The zero-order valence-electron chi connectivity index (χ0n) is 58.6. The summed E-state index contributed by atoms with van der Waals surface area (Å²) in [7, 11) is 5.28. The van der Waals surface area contributed by atoms with E-state index in [-0.39, 0.29) is 62.0 Å². The number of aromatic nitrogens is 2. The van der Waals surface area contributed by atoms with Gasteiger partial charge in [-0.1, -0.05) is 125 Å². The molecule has 5 heterocycles. The summed E-state index contributed by atoms with van der Waals surface area (Å²) >= 11 is 0. The number of cyclic esters (lactones) is 2. The van der Waals surface area contributed by atoms with Crippen molar-refractivity contribution in [1.82, 2.24) is 60.6 Å². The monoisotopic (exact) mass is 1400 g/mol. The predicted octanol–water partition coefficient (Wildman–Crippen LogP) is 3.82. The number of amides is 10. The number of piperidine rings is 2. The second kappa shape index (κ2) is 34.8. The molecule has 6 atom stereocenters. The van der Waals surface area contributed by atoms with Crippen LogP contribution in [-0.4, -0.2) is 227 Å². The molecule has 9 rings (SSSR count). The molecule has 0 radical (unpaired) electrons. The first kappa shape index (κ1) is 75.1. The average molecular weight is 1400 g/mol. The van der Waals surface area contributed by atoms with E-state index < -0.39 is 158 Å². The molecule has 0 aliphatic carbocycles. The third-order valence-corrected chi connectivity index (χ3v) is 18.2. The first-order chi connectivity index (χ1) is 48.9. The Hall–Kier alpha value is -11.1. The van der Waals surface area contributed by atoms with Gasteiger partial charge in [0.2, 0.25) is 47.3 Å². The first-order valence-corrected chi connectivity index (χ1v) is 34.1. The molecule has 102 heavy (non-hydrogen) atoms. The van der Waals surface area contributed by atoms with Gasteiger partial charge in [0.25, 0.3) is 11.8 Å². The number of hydrogen-bond donors (Lipinski definition) is 4. The van der Waals surface area contributed by atoms with Crippen LogP contribution in [0.1, 0.15) is 98.3 Å². The summed E-state index contributed by atoms with van der Waals surface area (Å²) in [6.45, 7) is 2.47. The number of nitrogens with zero attached hydrogens (tertiary/aromatic N) is 8. The van der Waals surface area contributed by atoms with Crippen molar-refractivity contribution in [1.29, 1.82) is 0 Å². The summed E-state index contributed by atoms with van der Waals surface area (Å²) in [6.07, 6.45) is 1.99. The van der Waals surface area contributed by atoms with Crippen LogP contribution in [0.3, 0.4) is 0 Å². The molecule has 3 fully saturated rings. The fourth-order valence-electron chi connectivity index (χ4n) is 12.6. The van der Waals surface area contributed by atoms with Crippen LogP contribution in [0.15, 0.2) is 121 Å². The van der Waals surface area contributed by atoms with Crippen molar-refractivity contribution in [2.24, 2.45) is 11.8 Å². The fraction of sp³-hybridized carbons (Fsp3) is 0.432. The van der Waals surface area contributed by atoms with Crippen molar-refractivity contribution in [2.75, 3.05) is 80.7 Å². The van der Waals surface area contributed by atoms with Crippen molar-refractivity contribution in [3.05, 3.63) is 144 Å². The second-order valence-electron chi connectivity index (χ2n) is 26.3. The van der Waals surface area contributed by atoms with Crippen LogP contribution in [0, 0.1) is 11.8 Å². The van der Waals surface area contributed by atoms with Gasteiger partial charge in [-0.25, -0.2) is 19.6 Å². The average Bonchev–Trinajstić information content (AvgIpc) is 0.804. The summed E-state index contributed by atoms with van der Waals surface area (Å²) in [5, 5.41) is 11.9. The SMILES string of the molecule is CC(C)[C@H]1C(=O)OC[C@@H](NC(=O)c2nc3ccccc3cc2OCc2ccccc2)C(=O)N2CCCC[C@H]2C(=O)NCC(=O)N(C)CC(=O)N(C)[C@@H](C(C)C)C(=O)OC[C@@H](NC(=O)c2nc3ccccc3cc2OCc2ccccc2)C(=O)N2CCCC[C@H]2C(=O)NCC(=O)N(C)CC(=O)N1C. The lowest BCUT2D eigenvalue weighted by molar-refractivity contribution is -0.159. The normalized spacial score (nSPS) is 21.3. The molecule has 2 aromatic heterocycles. The maximum atomic E-state index is 15.2. The lowest BCUT2D eigenvalue weighted by Gasteiger charge is -2.37. The van der Waals surface area contributed by atoms with Gasteiger partial charge >= 0.3 is 11.9 Å². The molecule has 0 bridgehead atoms. The van der Waals surface area contributed by atoms with E-state index in [1.54, 1.807) is 88.4 Å². The van der Waals surface area contributed by atoms with Gasteiger partial charge in [-0.15, -0.1) is 0 Å². The van der Waals surface area contributed by atoms with Gasteiger partial charge < -0.3 is 69.6 Å². The number of para-hydroxylation sites is 2. The van der Waals surface area contributed by atoms with E-state index in [4.69, 9.17) is 18.9 Å². The van der Waals surface area contributed by atoms with E-state index in [0.717, 1.165) is 30.7 Å². The van der Waals surface area contributed by atoms with E-state index >= 15 is 9.59 Å². The van der Waals surface area contributed by atoms with Crippen LogP contribution in [-0.2, 0) is 70.6 Å². The third-order valence-electron chi connectivity index (χ3n) is 18.2. The van der Waals surface area contributed by atoms with Crippen LogP contribution >= 0.6 is 0 Å². The number of carbonyl (C=O) groups is 12. The maximum absolute atomic E-state index is 15.2. The zero-order chi connectivity index (χ0) is 73.3. The number of rotatable bonds is 12. The van der Waals surface area contributed by atoms with Crippen molar-refractivity contribution in [3.63, 3.8) is 0 Å². The molecular weight excluding hydrogens is 1310 g/mol. The van der Waals surface area contributed by atoms with Crippen molar-refractivity contribution in [2.45, 2.75) is 116 Å². The largest absolute Gasteiger partial charge is 0.486 e. The molecular formula is C74H88N12O16. The van der Waals surface area contributed by atoms with Gasteiger partial charge in [0.1, 0.15) is 62.7 Å². The minimum absolute atomic E-state index is 0.00785. The zero-order valence-corrected chi connectivity index (χ0v) is 58.6. The Balaban J connectivity index is 0.996. The van der Waals surface area contributed by atoms with Crippen LogP contribution in [0.2, 0.25) is 0 Å². The molecule has 0 spiro atoms. The number of hydrogen-bond acceptors (Lipinski definition) is 18. The molecule has 28 nitrogen and oxygen atoms in total. The number of ether oxygens (including phenoxy) is 4. The number of esters is 2. The maximum Gasteiger partial charge on any atom is 0.329 e. The number of carbonyl (C=O) groups excluding carboxylic acids is 12. The highest BCUT2D eigenvalue weighted by Gasteiger charge is 2.42. The van der Waals surface area contributed by atoms with E-state index in [1.807, 2.05) is 60.7 Å². The van der Waals surface area contributed by atoms with Crippen molar-refractivity contribution >= 4 is 92.8 Å². The molecule has 28 heteroatoms. The van der Waals surface area contributed by atoms with Gasteiger partial charge in [0.15, 0.2) is 22.9 Å². The number of likely N-dealkylation sites (N-methyl/N-ethyl adjacent to an activating group) is 4. The van der Waals surface area contributed by atoms with Crippen molar-refractivity contribution in [3.8, 4) is 11.5 Å². The number of benzene rings is 4. The molecule has 0 unspecified atom stereocenters. The number of nitrogens with one attached hydrogen (secondary N) is 4. The molecule has 3 saturated heterocycles. The Bertz CT molecular complexity index is 3830. The molecule has 4 N–H and O–H groups in total. The number of fused-ring (bicyclic) bond motifs is 4. The summed E-state index contributed by atoms with van der Waals surface area (Å²) in [4.78, 5) is 190. The molecule has 0 saturated carbocycles. The predicted molar refractivity (Wildman–Crippen MR) is 372 cm³/mol. The van der Waals surface area contributed by atoms with E-state index in [9.17, 15) is 47.9 Å². The van der Waals surface area contributed by atoms with Crippen molar-refractivity contribution < 1.29 is 76.5 Å². The van der Waals surface area contributed by atoms with Crippen LogP contribution in [0.4, 0.5) is 0 Å². The Kier molecular flexibility index (Phi) is 25.7. The Morgan fingerprint density at radius 3 is 1.24 bits per heavy atom. The summed E-state index contributed by atoms with van der Waals surface area (Å²) in [6, 6.07) is 27.0. The molecule has 4 aromatic carbocycles. The Morgan fingerprint density at radius 1 is 0.500 bits per heavy atom. The molecule has 540 valence electrons. The molecule has 3 aliphatic heterocycles. The quantitative estimate of drug-likeness (QED) is 0.127. The standard InChI is InChI=1S/C74H88N12O16/c1-45(2)65-73(97)101-43-53(79-69(93)63-57(99-41-47-23-11-9-12-24-47)35-49-27-15-17-29-51(49)77-63)71(95)85-33-21-19-31-55(85)67(91)76-38-60(88)82(6)40-62(90)84(8)66(46(3)4)74(98)102-44-54(72(96)86-34-22-20-32-56(86)68(92)75-37-59(87)81(5)39-61(89)83(65)7)80-70(94)64-58(100-42-48-25-13-10-14-26-48)36-50-28-16-18-30-52(50)78-64/h9-18,23-30,35-36,45-46,53-56,65-66H,19-22,31-34,37-44H2,1-8H3,(H,75,92)(H,76,91)(H,79,93)(H,80,94)/t53-,54-,55+,56+,65+,66+/m1/s1. The topological polar surface area (TPSA) is 335 Å². The van der Waals surface area contributed by atoms with Gasteiger partial charge in [0.05, 0.1) is 37.2 Å². The number of pyridine rings is 2. The van der Waals surface area contributed by atoms with E-state index in [0.29, 0.717) is 47.5 Å². The Morgan fingerprint density at radius 2 is 0.863 bits per heavy atom. The minimum Gasteiger partial charge on any atom is -0.486 e.